The van der Waals surface area contributed by atoms with Crippen molar-refractivity contribution in [3.05, 3.63) is 54.1 Å². The first-order valence-corrected chi connectivity index (χ1v) is 7.34. The second kappa shape index (κ2) is 5.35. The zero-order chi connectivity index (χ0) is 16.8. The van der Waals surface area contributed by atoms with Crippen molar-refractivity contribution in [3.8, 4) is 0 Å². The third-order valence-electron chi connectivity index (χ3n) is 4.77. The van der Waals surface area contributed by atoms with E-state index in [0.717, 1.165) is 16.7 Å². The summed E-state index contributed by atoms with van der Waals surface area (Å²) >= 11 is 0. The molecule has 120 valence electrons. The number of nitrogens with zero attached hydrogens (tertiary/aromatic N) is 1. The van der Waals surface area contributed by atoms with Gasteiger partial charge in [-0.05, 0) is 22.3 Å². The number of fused-ring (bicyclic) bond motifs is 3. The molecule has 0 N–H and O–H groups in total. The molecule has 1 aromatic rings. The van der Waals surface area contributed by atoms with Crippen molar-refractivity contribution < 1.29 is 19.1 Å². The van der Waals surface area contributed by atoms with Gasteiger partial charge in [-0.25, -0.2) is 0 Å². The summed E-state index contributed by atoms with van der Waals surface area (Å²) in [5.41, 5.74) is 1.74. The van der Waals surface area contributed by atoms with Crippen molar-refractivity contribution in [2.75, 3.05) is 27.3 Å². The lowest BCUT2D eigenvalue weighted by Gasteiger charge is -2.39. The standard InChI is InChI=1S/C18H19NO4/c1-11-9-19-10-12(2)18(16(20)22-3,17(21)23-4)15(19)14-8-6-5-7-13(11)14/h5-8,15H,1-2,9-10H2,3-4H3/t15-/m1/s1. The van der Waals surface area contributed by atoms with Crippen LogP contribution in [0.5, 0.6) is 0 Å². The van der Waals surface area contributed by atoms with Gasteiger partial charge < -0.3 is 9.47 Å². The van der Waals surface area contributed by atoms with Crippen molar-refractivity contribution in [3.63, 3.8) is 0 Å². The second-order valence-electron chi connectivity index (χ2n) is 5.89. The minimum absolute atomic E-state index is 0.419. The average Bonchev–Trinajstić information content (AvgIpc) is 2.86. The topological polar surface area (TPSA) is 55.8 Å². The van der Waals surface area contributed by atoms with Gasteiger partial charge in [-0.1, -0.05) is 37.4 Å². The molecule has 2 aliphatic heterocycles. The van der Waals surface area contributed by atoms with Gasteiger partial charge in [0.1, 0.15) is 0 Å². The predicted molar refractivity (Wildman–Crippen MR) is 85.4 cm³/mol. The van der Waals surface area contributed by atoms with E-state index in [-0.39, 0.29) is 0 Å². The summed E-state index contributed by atoms with van der Waals surface area (Å²) in [4.78, 5) is 27.3. The predicted octanol–water partition coefficient (Wildman–Crippen LogP) is 1.96. The summed E-state index contributed by atoms with van der Waals surface area (Å²) in [5.74, 6) is -1.27. The normalized spacial score (nSPS) is 22.3. The van der Waals surface area contributed by atoms with Crippen LogP contribution in [0.15, 0.2) is 43.0 Å². The Morgan fingerprint density at radius 2 is 1.74 bits per heavy atom. The Balaban J connectivity index is 2.28. The van der Waals surface area contributed by atoms with Gasteiger partial charge in [0.05, 0.1) is 20.3 Å². The summed E-state index contributed by atoms with van der Waals surface area (Å²) in [7, 11) is 2.55. The van der Waals surface area contributed by atoms with E-state index >= 15 is 0 Å². The van der Waals surface area contributed by atoms with Gasteiger partial charge in [0, 0.05) is 13.1 Å². The van der Waals surface area contributed by atoms with Crippen LogP contribution in [0.1, 0.15) is 17.2 Å². The zero-order valence-corrected chi connectivity index (χ0v) is 13.3. The largest absolute Gasteiger partial charge is 0.468 e. The molecule has 2 heterocycles. The number of ether oxygens (including phenoxy) is 2. The third kappa shape index (κ3) is 1.90. The molecule has 0 saturated carbocycles. The summed E-state index contributed by atoms with van der Waals surface area (Å²) < 4.78 is 9.94. The van der Waals surface area contributed by atoms with E-state index in [4.69, 9.17) is 9.47 Å². The molecule has 23 heavy (non-hydrogen) atoms. The van der Waals surface area contributed by atoms with Gasteiger partial charge in [0.25, 0.3) is 0 Å². The van der Waals surface area contributed by atoms with Crippen LogP contribution in [-0.2, 0) is 19.1 Å². The molecule has 0 bridgehead atoms. The summed E-state index contributed by atoms with van der Waals surface area (Å²) in [6, 6.07) is 7.18. The Morgan fingerprint density at radius 1 is 1.13 bits per heavy atom. The maximum atomic E-state index is 12.7. The maximum absolute atomic E-state index is 12.7. The summed E-state index contributed by atoms with van der Waals surface area (Å²) in [5, 5.41) is 0. The number of esters is 2. The number of hydrogen-bond acceptors (Lipinski definition) is 5. The number of benzene rings is 1. The SMILES string of the molecule is C=C1CN2CC(=C)C(C(=O)OC)(C(=O)OC)[C@H]2c2ccccc21. The Hall–Kier alpha value is -2.40. The highest BCUT2D eigenvalue weighted by Gasteiger charge is 2.64. The molecule has 1 aromatic carbocycles. The van der Waals surface area contributed by atoms with Crippen LogP contribution in [0, 0.1) is 5.41 Å². The fraction of sp³-hybridized carbons (Fsp3) is 0.333. The molecular formula is C18H19NO4. The highest BCUT2D eigenvalue weighted by Crippen LogP contribution is 2.55. The minimum atomic E-state index is -1.54. The van der Waals surface area contributed by atoms with E-state index in [9.17, 15) is 9.59 Å². The summed E-state index contributed by atoms with van der Waals surface area (Å²) in [6.45, 7) is 9.09. The highest BCUT2D eigenvalue weighted by molar-refractivity contribution is 6.05. The van der Waals surface area contributed by atoms with Crippen molar-refractivity contribution >= 4 is 17.5 Å². The van der Waals surface area contributed by atoms with Gasteiger partial charge in [-0.2, -0.15) is 0 Å². The monoisotopic (exact) mass is 313 g/mol. The quantitative estimate of drug-likeness (QED) is 0.474. The molecular weight excluding hydrogens is 294 g/mol. The van der Waals surface area contributed by atoms with Crippen molar-refractivity contribution in [1.82, 2.24) is 4.90 Å². The van der Waals surface area contributed by atoms with Crippen molar-refractivity contribution in [2.24, 2.45) is 5.41 Å². The molecule has 5 nitrogen and oxygen atoms in total. The lowest BCUT2D eigenvalue weighted by molar-refractivity contribution is -0.168. The number of rotatable bonds is 2. The molecule has 0 aromatic heterocycles. The van der Waals surface area contributed by atoms with Gasteiger partial charge in [0.2, 0.25) is 5.41 Å². The van der Waals surface area contributed by atoms with E-state index in [1.165, 1.54) is 14.2 Å². The lowest BCUT2D eigenvalue weighted by Crippen LogP contribution is -2.48. The van der Waals surface area contributed by atoms with E-state index in [1.54, 1.807) is 0 Å². The van der Waals surface area contributed by atoms with Gasteiger partial charge in [0.15, 0.2) is 0 Å². The Bertz CT molecular complexity index is 705. The first kappa shape index (κ1) is 15.5. The molecule has 0 spiro atoms. The molecule has 0 amide bonds. The van der Waals surface area contributed by atoms with Gasteiger partial charge in [-0.15, -0.1) is 0 Å². The third-order valence-corrected chi connectivity index (χ3v) is 4.77. The molecule has 1 fully saturated rings. The van der Waals surface area contributed by atoms with E-state index in [1.807, 2.05) is 29.2 Å². The molecule has 1 atom stereocenters. The Kier molecular flexibility index (Phi) is 3.60. The zero-order valence-electron chi connectivity index (χ0n) is 13.3. The lowest BCUT2D eigenvalue weighted by atomic mass is 9.72. The van der Waals surface area contributed by atoms with Crippen LogP contribution in [0.4, 0.5) is 0 Å². The van der Waals surface area contributed by atoms with Crippen LogP contribution in [0.2, 0.25) is 0 Å². The molecule has 0 unspecified atom stereocenters. The van der Waals surface area contributed by atoms with Crippen LogP contribution in [0.3, 0.4) is 0 Å². The van der Waals surface area contributed by atoms with Crippen LogP contribution in [-0.4, -0.2) is 44.1 Å². The molecule has 1 saturated heterocycles. The number of methoxy groups -OCH3 is 2. The number of carbonyl (C=O) groups is 2. The van der Waals surface area contributed by atoms with Gasteiger partial charge in [-0.3, -0.25) is 14.5 Å². The van der Waals surface area contributed by atoms with E-state index in [2.05, 4.69) is 13.2 Å². The minimum Gasteiger partial charge on any atom is -0.468 e. The number of carbonyl (C=O) groups excluding carboxylic acids is 2. The molecule has 3 rings (SSSR count). The average molecular weight is 313 g/mol. The molecule has 0 radical (unpaired) electrons. The molecule has 2 aliphatic rings. The molecule has 0 aliphatic carbocycles. The van der Waals surface area contributed by atoms with E-state index in [0.29, 0.717) is 18.7 Å². The van der Waals surface area contributed by atoms with Crippen LogP contribution < -0.4 is 0 Å². The fourth-order valence-electron chi connectivity index (χ4n) is 3.81. The highest BCUT2D eigenvalue weighted by atomic mass is 16.5. The summed E-state index contributed by atoms with van der Waals surface area (Å²) in [6.07, 6.45) is 0. The first-order valence-electron chi connectivity index (χ1n) is 7.34. The van der Waals surface area contributed by atoms with Crippen LogP contribution >= 0.6 is 0 Å². The number of hydrogen-bond donors (Lipinski definition) is 0. The first-order chi connectivity index (χ1) is 11.0. The van der Waals surface area contributed by atoms with E-state index < -0.39 is 23.4 Å². The van der Waals surface area contributed by atoms with Gasteiger partial charge >= 0.3 is 11.9 Å². The Morgan fingerprint density at radius 3 is 2.35 bits per heavy atom. The van der Waals surface area contributed by atoms with Crippen LogP contribution in [0.25, 0.3) is 5.57 Å². The van der Waals surface area contributed by atoms with Crippen molar-refractivity contribution in [1.29, 1.82) is 0 Å². The fourth-order valence-corrected chi connectivity index (χ4v) is 3.81. The second-order valence-corrected chi connectivity index (χ2v) is 5.89. The van der Waals surface area contributed by atoms with Crippen molar-refractivity contribution in [2.45, 2.75) is 6.04 Å². The smallest absolute Gasteiger partial charge is 0.329 e. The molecule has 5 heteroatoms. The maximum Gasteiger partial charge on any atom is 0.329 e. The Labute approximate surface area is 135 Å².